The number of nitrogens with one attached hydrogen (secondary N) is 1. The summed E-state index contributed by atoms with van der Waals surface area (Å²) in [7, 11) is 0. The van der Waals surface area contributed by atoms with Gasteiger partial charge in [0.15, 0.2) is 0 Å². The van der Waals surface area contributed by atoms with Gasteiger partial charge in [0.1, 0.15) is 0 Å². The highest BCUT2D eigenvalue weighted by molar-refractivity contribution is 9.10. The molecular weight excluding hydrogens is 493 g/mol. The highest BCUT2D eigenvalue weighted by Crippen LogP contribution is 2.39. The average Bonchev–Trinajstić information content (AvgIpc) is 3.23. The molecule has 0 unspecified atom stereocenters. The average molecular weight is 511 g/mol. The van der Waals surface area contributed by atoms with Crippen LogP contribution in [0.15, 0.2) is 65.1 Å². The first kappa shape index (κ1) is 21.5. The number of aromatic nitrogens is 1. The zero-order valence-corrected chi connectivity index (χ0v) is 19.3. The molecule has 1 N–H and O–H groups in total. The number of carbonyl (C=O) groups is 1. The molecule has 0 bridgehead atoms. The zero-order chi connectivity index (χ0) is 23.5. The Bertz CT molecular complexity index is 1480. The lowest BCUT2D eigenvalue weighted by Crippen LogP contribution is -2.06. The fraction of sp³-hybridized carbons (Fsp3) is 0.115. The molecule has 0 aliphatic carbocycles. The summed E-state index contributed by atoms with van der Waals surface area (Å²) in [6.07, 6.45) is -2.72. The van der Waals surface area contributed by atoms with Gasteiger partial charge in [-0.1, -0.05) is 46.3 Å². The molecule has 3 aromatic carbocycles. The number of rotatable bonds is 2. The third-order valence-corrected chi connectivity index (χ3v) is 6.68. The quantitative estimate of drug-likeness (QED) is 0.278. The summed E-state index contributed by atoms with van der Waals surface area (Å²) in [6.45, 7) is 3.96. The Labute approximate surface area is 196 Å². The largest absolute Gasteiger partial charge is 0.416 e. The summed E-state index contributed by atoms with van der Waals surface area (Å²) in [6, 6.07) is 17.5. The van der Waals surface area contributed by atoms with Crippen molar-refractivity contribution < 1.29 is 18.0 Å². The molecule has 0 radical (unpaired) electrons. The molecule has 33 heavy (non-hydrogen) atoms. The van der Waals surface area contributed by atoms with Crippen LogP contribution in [0.4, 0.5) is 18.9 Å². The number of alkyl halides is 3. The van der Waals surface area contributed by atoms with Gasteiger partial charge in [-0.25, -0.2) is 0 Å². The number of carbonyl (C=O) groups excluding carboxylic acids is 1. The van der Waals surface area contributed by atoms with Crippen LogP contribution in [-0.4, -0.2) is 10.5 Å². The summed E-state index contributed by atoms with van der Waals surface area (Å²) in [4.78, 5) is 12.6. The molecule has 7 heteroatoms. The summed E-state index contributed by atoms with van der Waals surface area (Å²) in [5.41, 5.74) is 3.96. The van der Waals surface area contributed by atoms with E-state index in [1.807, 2.05) is 44.2 Å². The number of anilines is 1. The van der Waals surface area contributed by atoms with E-state index in [0.29, 0.717) is 11.1 Å². The van der Waals surface area contributed by atoms with E-state index in [4.69, 9.17) is 0 Å². The van der Waals surface area contributed by atoms with E-state index in [9.17, 15) is 18.0 Å². The van der Waals surface area contributed by atoms with Crippen LogP contribution in [0.3, 0.4) is 0 Å². The van der Waals surface area contributed by atoms with Gasteiger partial charge in [-0.3, -0.25) is 4.79 Å². The van der Waals surface area contributed by atoms with Crippen molar-refractivity contribution in [2.75, 3.05) is 5.32 Å². The Morgan fingerprint density at radius 1 is 0.970 bits per heavy atom. The lowest BCUT2D eigenvalue weighted by molar-refractivity contribution is -0.137. The fourth-order valence-corrected chi connectivity index (χ4v) is 4.89. The molecule has 3 nitrogen and oxygen atoms in total. The molecule has 0 atom stereocenters. The highest BCUT2D eigenvalue weighted by atomic mass is 79.9. The first-order chi connectivity index (χ1) is 15.6. The third kappa shape index (κ3) is 3.56. The first-order valence-corrected chi connectivity index (χ1v) is 11.1. The van der Waals surface area contributed by atoms with Gasteiger partial charge in [0, 0.05) is 38.1 Å². The topological polar surface area (TPSA) is 34.0 Å². The fourth-order valence-electron chi connectivity index (χ4n) is 4.42. The van der Waals surface area contributed by atoms with Gasteiger partial charge < -0.3 is 9.88 Å². The second-order valence-electron chi connectivity index (χ2n) is 8.04. The van der Waals surface area contributed by atoms with Crippen molar-refractivity contribution in [1.82, 2.24) is 4.57 Å². The van der Waals surface area contributed by atoms with E-state index in [2.05, 4.69) is 37.9 Å². The first-order valence-electron chi connectivity index (χ1n) is 10.3. The van der Waals surface area contributed by atoms with Gasteiger partial charge in [0.25, 0.3) is 5.91 Å². The van der Waals surface area contributed by atoms with Crippen molar-refractivity contribution in [3.63, 3.8) is 0 Å². The van der Waals surface area contributed by atoms with Gasteiger partial charge in [-0.2, -0.15) is 13.2 Å². The van der Waals surface area contributed by atoms with Crippen molar-refractivity contribution in [3.8, 4) is 5.69 Å². The Morgan fingerprint density at radius 3 is 2.42 bits per heavy atom. The van der Waals surface area contributed by atoms with Crippen LogP contribution in [0, 0.1) is 13.8 Å². The van der Waals surface area contributed by atoms with E-state index in [0.717, 1.165) is 50.0 Å². The van der Waals surface area contributed by atoms with Crippen molar-refractivity contribution >= 4 is 49.9 Å². The number of fused-ring (bicyclic) bond motifs is 2. The van der Waals surface area contributed by atoms with Gasteiger partial charge in [0.2, 0.25) is 0 Å². The molecule has 1 amide bonds. The van der Waals surface area contributed by atoms with E-state index >= 15 is 0 Å². The minimum absolute atomic E-state index is 0.175. The highest BCUT2D eigenvalue weighted by Gasteiger charge is 2.33. The monoisotopic (exact) mass is 510 g/mol. The van der Waals surface area contributed by atoms with Crippen LogP contribution >= 0.6 is 15.9 Å². The molecular formula is C26H18BrF3N2O. The lowest BCUT2D eigenvalue weighted by Gasteiger charge is -2.14. The lowest BCUT2D eigenvalue weighted by atomic mass is 10.0. The summed E-state index contributed by atoms with van der Waals surface area (Å²) in [5, 5.41) is 4.73. The second-order valence-corrected chi connectivity index (χ2v) is 8.90. The predicted molar refractivity (Wildman–Crippen MR) is 128 cm³/mol. The SMILES string of the molecule is Cc1cc(/C=C2/C(=O)Nc3cc(C(F)(F)F)ccc32)c(C)n1-c1ccc(Br)c2ccccc12. The van der Waals surface area contributed by atoms with Gasteiger partial charge in [-0.05, 0) is 61.2 Å². The van der Waals surface area contributed by atoms with Crippen molar-refractivity contribution in [2.45, 2.75) is 20.0 Å². The van der Waals surface area contributed by atoms with Gasteiger partial charge in [-0.15, -0.1) is 0 Å². The normalized spacial score (nSPS) is 14.7. The minimum atomic E-state index is -4.47. The van der Waals surface area contributed by atoms with Crippen LogP contribution in [-0.2, 0) is 11.0 Å². The number of nitrogens with zero attached hydrogens (tertiary/aromatic N) is 1. The molecule has 1 aliphatic heterocycles. The van der Waals surface area contributed by atoms with Crippen LogP contribution in [0.25, 0.3) is 28.1 Å². The summed E-state index contributed by atoms with van der Waals surface area (Å²) >= 11 is 3.61. The van der Waals surface area contributed by atoms with Crippen molar-refractivity contribution in [2.24, 2.45) is 0 Å². The van der Waals surface area contributed by atoms with Crippen LogP contribution in [0.2, 0.25) is 0 Å². The number of hydrogen-bond acceptors (Lipinski definition) is 1. The molecule has 0 fully saturated rings. The zero-order valence-electron chi connectivity index (χ0n) is 17.7. The van der Waals surface area contributed by atoms with E-state index in [1.54, 1.807) is 6.08 Å². The molecule has 0 saturated heterocycles. The second kappa shape index (κ2) is 7.63. The smallest absolute Gasteiger partial charge is 0.321 e. The Balaban J connectivity index is 1.63. The standard InChI is InChI=1S/C26H18BrF3N2O/c1-14-11-16(12-21-19-8-7-17(26(28,29)30)13-23(19)31-25(21)33)15(2)32(14)24-10-9-22(27)18-5-3-4-6-20(18)24/h3-13H,1-2H3,(H,31,33)/b21-12+. The van der Waals surface area contributed by atoms with E-state index in [-0.39, 0.29) is 5.69 Å². The van der Waals surface area contributed by atoms with E-state index < -0.39 is 17.6 Å². The van der Waals surface area contributed by atoms with Crippen LogP contribution in [0.1, 0.15) is 28.1 Å². The number of halogens is 4. The van der Waals surface area contributed by atoms with E-state index in [1.165, 1.54) is 6.07 Å². The Morgan fingerprint density at radius 2 is 1.70 bits per heavy atom. The predicted octanol–water partition coefficient (Wildman–Crippen LogP) is 7.52. The number of benzene rings is 3. The Hall–Kier alpha value is -3.32. The summed E-state index contributed by atoms with van der Waals surface area (Å²) in [5.74, 6) is -0.414. The van der Waals surface area contributed by atoms with Gasteiger partial charge in [0.05, 0.1) is 11.3 Å². The molecule has 1 aromatic heterocycles. The molecule has 166 valence electrons. The van der Waals surface area contributed by atoms with Crippen molar-refractivity contribution in [3.05, 3.63) is 93.2 Å². The molecule has 4 aromatic rings. The van der Waals surface area contributed by atoms with Crippen LogP contribution < -0.4 is 5.32 Å². The van der Waals surface area contributed by atoms with Crippen LogP contribution in [0.5, 0.6) is 0 Å². The number of aryl methyl sites for hydroxylation is 1. The van der Waals surface area contributed by atoms with Crippen molar-refractivity contribution in [1.29, 1.82) is 0 Å². The third-order valence-electron chi connectivity index (χ3n) is 5.99. The van der Waals surface area contributed by atoms with Gasteiger partial charge >= 0.3 is 6.18 Å². The molecule has 1 aliphatic rings. The molecule has 2 heterocycles. The maximum Gasteiger partial charge on any atom is 0.416 e. The molecule has 5 rings (SSSR count). The maximum atomic E-state index is 13.1. The maximum absolute atomic E-state index is 13.1. The molecule has 0 saturated carbocycles. The number of amides is 1. The molecule has 0 spiro atoms. The minimum Gasteiger partial charge on any atom is -0.321 e. The Kier molecular flexibility index (Phi) is 4.97. The summed E-state index contributed by atoms with van der Waals surface area (Å²) < 4.78 is 42.3. The number of hydrogen-bond donors (Lipinski definition) is 1.